The Morgan fingerprint density at radius 2 is 2.12 bits per heavy atom. The van der Waals surface area contributed by atoms with Crippen LogP contribution in [0.5, 0.6) is 0 Å². The lowest BCUT2D eigenvalue weighted by Crippen LogP contribution is -2.05. The molecule has 0 unspecified atom stereocenters. The van der Waals surface area contributed by atoms with Crippen molar-refractivity contribution >= 4 is 21.7 Å². The number of halogens is 3. The highest BCUT2D eigenvalue weighted by atomic mass is 79.9. The van der Waals surface area contributed by atoms with E-state index in [1.54, 1.807) is 12.1 Å². The fourth-order valence-corrected chi connectivity index (χ4v) is 1.84. The maximum atomic E-state index is 12.7. The summed E-state index contributed by atoms with van der Waals surface area (Å²) in [5, 5.41) is 0.491. The Labute approximate surface area is 102 Å². The molecular weight excluding hydrogens is 278 g/mol. The van der Waals surface area contributed by atoms with Gasteiger partial charge in [0.05, 0.1) is 0 Å². The molecule has 1 aromatic rings. The summed E-state index contributed by atoms with van der Waals surface area (Å²) < 4.78 is 25.4. The molecular formula is C12H13BrF2O. The maximum Gasteiger partial charge on any atom is 0.264 e. The van der Waals surface area contributed by atoms with Gasteiger partial charge in [-0.3, -0.25) is 4.79 Å². The Balaban J connectivity index is 3.14. The topological polar surface area (TPSA) is 17.1 Å². The van der Waals surface area contributed by atoms with Crippen molar-refractivity contribution in [2.45, 2.75) is 26.2 Å². The molecule has 0 radical (unpaired) electrons. The summed E-state index contributed by atoms with van der Waals surface area (Å²) in [4.78, 5) is 11.7. The number of alkyl halides is 3. The highest BCUT2D eigenvalue weighted by Gasteiger charge is 2.17. The van der Waals surface area contributed by atoms with Crippen LogP contribution in [0.4, 0.5) is 8.78 Å². The molecule has 1 nitrogen and oxygen atoms in total. The summed E-state index contributed by atoms with van der Waals surface area (Å²) in [5.74, 6) is -0.234. The smallest absolute Gasteiger partial charge is 0.264 e. The summed E-state index contributed by atoms with van der Waals surface area (Å²) in [6.07, 6.45) is -1.62. The predicted octanol–water partition coefficient (Wildman–Crippen LogP) is 4.15. The predicted molar refractivity (Wildman–Crippen MR) is 63.5 cm³/mol. The third kappa shape index (κ3) is 3.11. The van der Waals surface area contributed by atoms with E-state index in [9.17, 15) is 13.6 Å². The van der Waals surface area contributed by atoms with Crippen LogP contribution in [-0.4, -0.2) is 11.1 Å². The Morgan fingerprint density at radius 1 is 1.44 bits per heavy atom. The molecule has 4 heteroatoms. The van der Waals surface area contributed by atoms with Gasteiger partial charge < -0.3 is 0 Å². The van der Waals surface area contributed by atoms with E-state index in [2.05, 4.69) is 15.9 Å². The summed E-state index contributed by atoms with van der Waals surface area (Å²) >= 11 is 3.14. The summed E-state index contributed by atoms with van der Waals surface area (Å²) in [5.41, 5.74) is 0.902. The van der Waals surface area contributed by atoms with Gasteiger partial charge in [-0.1, -0.05) is 35.0 Å². The fraction of sp³-hybridized carbons (Fsp3) is 0.417. The van der Waals surface area contributed by atoms with Crippen LogP contribution in [0, 0.1) is 0 Å². The Morgan fingerprint density at radius 3 is 2.62 bits per heavy atom. The number of benzene rings is 1. The van der Waals surface area contributed by atoms with Crippen LogP contribution in [0.15, 0.2) is 18.2 Å². The highest BCUT2D eigenvalue weighted by molar-refractivity contribution is 9.09. The summed E-state index contributed by atoms with van der Waals surface area (Å²) in [7, 11) is 0. The van der Waals surface area contributed by atoms with Crippen LogP contribution < -0.4 is 0 Å². The third-order valence-electron chi connectivity index (χ3n) is 2.38. The van der Waals surface area contributed by atoms with Crippen molar-refractivity contribution < 1.29 is 13.6 Å². The second-order valence-electron chi connectivity index (χ2n) is 3.44. The van der Waals surface area contributed by atoms with Gasteiger partial charge in [-0.25, -0.2) is 8.78 Å². The molecule has 16 heavy (non-hydrogen) atoms. The average Bonchev–Trinajstić information content (AvgIpc) is 2.28. The van der Waals surface area contributed by atoms with E-state index in [0.717, 1.165) is 12.0 Å². The lowest BCUT2D eigenvalue weighted by molar-refractivity contribution is 0.0976. The molecule has 0 aliphatic heterocycles. The van der Waals surface area contributed by atoms with Crippen molar-refractivity contribution in [3.63, 3.8) is 0 Å². The zero-order valence-electron chi connectivity index (χ0n) is 8.97. The molecule has 0 N–H and O–H groups in total. The van der Waals surface area contributed by atoms with Crippen molar-refractivity contribution in [1.29, 1.82) is 0 Å². The van der Waals surface area contributed by atoms with Crippen molar-refractivity contribution in [2.24, 2.45) is 0 Å². The number of ketones is 1. The first kappa shape index (κ1) is 13.3. The van der Waals surface area contributed by atoms with E-state index < -0.39 is 6.43 Å². The molecule has 0 atom stereocenters. The van der Waals surface area contributed by atoms with Crippen molar-refractivity contribution in [1.82, 2.24) is 0 Å². The molecule has 0 bridgehead atoms. The molecule has 0 heterocycles. The van der Waals surface area contributed by atoms with Crippen LogP contribution in [-0.2, 0) is 6.42 Å². The largest absolute Gasteiger partial charge is 0.294 e. The zero-order chi connectivity index (χ0) is 12.1. The van der Waals surface area contributed by atoms with Crippen LogP contribution in [0.2, 0.25) is 0 Å². The van der Waals surface area contributed by atoms with Crippen LogP contribution in [0.1, 0.15) is 41.3 Å². The van der Waals surface area contributed by atoms with Gasteiger partial charge in [-0.15, -0.1) is 0 Å². The molecule has 0 spiro atoms. The third-order valence-corrected chi connectivity index (χ3v) is 2.78. The average molecular weight is 291 g/mol. The minimum Gasteiger partial charge on any atom is -0.294 e. The lowest BCUT2D eigenvalue weighted by Gasteiger charge is -2.09. The Hall–Kier alpha value is -0.770. The number of hydrogen-bond donors (Lipinski definition) is 0. The second kappa shape index (κ2) is 6.09. The van der Waals surface area contributed by atoms with Gasteiger partial charge in [0.25, 0.3) is 6.43 Å². The summed E-state index contributed by atoms with van der Waals surface area (Å²) in [6, 6.07) is 4.57. The molecule has 0 amide bonds. The molecule has 0 aliphatic rings. The SMILES string of the molecule is CCc1ccc(C(F)F)c(C(=O)CCBr)c1. The molecule has 0 aromatic heterocycles. The first-order valence-corrected chi connectivity index (χ1v) is 6.22. The number of aryl methyl sites for hydroxylation is 1. The number of Topliss-reactive ketones (excluding diaryl/α,β-unsaturated/α-hetero) is 1. The molecule has 0 aliphatic carbocycles. The van der Waals surface area contributed by atoms with Crippen LogP contribution in [0.3, 0.4) is 0 Å². The van der Waals surface area contributed by atoms with Crippen molar-refractivity contribution in [3.05, 3.63) is 34.9 Å². The van der Waals surface area contributed by atoms with Crippen molar-refractivity contribution in [3.8, 4) is 0 Å². The van der Waals surface area contributed by atoms with Gasteiger partial charge in [-0.05, 0) is 18.1 Å². The van der Waals surface area contributed by atoms with Crippen molar-refractivity contribution in [2.75, 3.05) is 5.33 Å². The molecule has 88 valence electrons. The van der Waals surface area contributed by atoms with E-state index in [4.69, 9.17) is 0 Å². The quantitative estimate of drug-likeness (QED) is 0.588. The van der Waals surface area contributed by atoms with Gasteiger partial charge in [0, 0.05) is 22.9 Å². The number of carbonyl (C=O) groups excluding carboxylic acids is 1. The first-order valence-electron chi connectivity index (χ1n) is 5.10. The van der Waals surface area contributed by atoms with Crippen LogP contribution >= 0.6 is 15.9 Å². The highest BCUT2D eigenvalue weighted by Crippen LogP contribution is 2.25. The fourth-order valence-electron chi connectivity index (χ4n) is 1.48. The number of hydrogen-bond acceptors (Lipinski definition) is 1. The number of rotatable bonds is 5. The van der Waals surface area contributed by atoms with Gasteiger partial charge in [0.2, 0.25) is 0 Å². The second-order valence-corrected chi connectivity index (χ2v) is 4.23. The normalized spacial score (nSPS) is 10.8. The van der Waals surface area contributed by atoms with Crippen LogP contribution in [0.25, 0.3) is 0 Å². The van der Waals surface area contributed by atoms with E-state index in [1.807, 2.05) is 6.92 Å². The zero-order valence-corrected chi connectivity index (χ0v) is 10.6. The van der Waals surface area contributed by atoms with E-state index >= 15 is 0 Å². The standard InChI is InChI=1S/C12H13BrF2O/c1-2-8-3-4-9(12(14)15)10(7-8)11(16)5-6-13/h3-4,7,12H,2,5-6H2,1H3. The van der Waals surface area contributed by atoms with E-state index in [-0.39, 0.29) is 23.3 Å². The van der Waals surface area contributed by atoms with Gasteiger partial charge >= 0.3 is 0 Å². The molecule has 0 saturated heterocycles. The number of carbonyl (C=O) groups is 1. The molecule has 1 rings (SSSR count). The first-order chi connectivity index (χ1) is 7.60. The maximum absolute atomic E-state index is 12.7. The lowest BCUT2D eigenvalue weighted by atomic mass is 9.98. The minimum atomic E-state index is -2.60. The van der Waals surface area contributed by atoms with Gasteiger partial charge in [0.15, 0.2) is 5.78 Å². The van der Waals surface area contributed by atoms with E-state index in [0.29, 0.717) is 5.33 Å². The molecule has 0 fully saturated rings. The van der Waals surface area contributed by atoms with Gasteiger partial charge in [-0.2, -0.15) is 0 Å². The Kier molecular flexibility index (Phi) is 5.06. The molecule has 0 saturated carbocycles. The monoisotopic (exact) mass is 290 g/mol. The Bertz CT molecular complexity index is 377. The minimum absolute atomic E-state index is 0.161. The van der Waals surface area contributed by atoms with E-state index in [1.165, 1.54) is 6.07 Å². The molecule has 1 aromatic carbocycles. The van der Waals surface area contributed by atoms with Gasteiger partial charge in [0.1, 0.15) is 0 Å². The summed E-state index contributed by atoms with van der Waals surface area (Å²) in [6.45, 7) is 1.93.